The number of carbonyl (C=O) groups is 1. The summed E-state index contributed by atoms with van der Waals surface area (Å²) >= 11 is 0. The Kier molecular flexibility index (Phi) is 6.10. The zero-order valence-corrected chi connectivity index (χ0v) is 10.3. The van der Waals surface area contributed by atoms with Gasteiger partial charge in [-0.25, -0.2) is 0 Å². The summed E-state index contributed by atoms with van der Waals surface area (Å²) in [5.74, 6) is -0.277. The molecule has 0 bridgehead atoms. The van der Waals surface area contributed by atoms with Gasteiger partial charge >= 0.3 is 5.97 Å². The van der Waals surface area contributed by atoms with Gasteiger partial charge in [-0.3, -0.25) is 4.79 Å². The van der Waals surface area contributed by atoms with E-state index in [1.807, 2.05) is 44.2 Å². The fraction of sp³-hybridized carbons (Fsp3) is 0.462. The van der Waals surface area contributed by atoms with E-state index >= 15 is 0 Å². The Labute approximate surface area is 102 Å². The van der Waals surface area contributed by atoms with Crippen molar-refractivity contribution < 1.29 is 14.3 Å². The lowest BCUT2D eigenvalue weighted by molar-refractivity contribution is -0.148. The van der Waals surface area contributed by atoms with Gasteiger partial charge in [-0.15, -0.1) is 0 Å². The van der Waals surface area contributed by atoms with Crippen molar-refractivity contribution in [2.75, 3.05) is 25.1 Å². The number of hydrogen-bond acceptors (Lipinski definition) is 4. The van der Waals surface area contributed by atoms with E-state index in [9.17, 15) is 4.79 Å². The number of ether oxygens (including phenoxy) is 2. The number of hydrogen-bond donors (Lipinski definition) is 1. The molecule has 1 aromatic carbocycles. The van der Waals surface area contributed by atoms with Gasteiger partial charge in [0.2, 0.25) is 0 Å². The van der Waals surface area contributed by atoms with Gasteiger partial charge in [0.05, 0.1) is 6.61 Å². The van der Waals surface area contributed by atoms with Crippen LogP contribution >= 0.6 is 0 Å². The highest BCUT2D eigenvalue weighted by Gasteiger charge is 2.08. The number of anilines is 1. The molecular weight excluding hydrogens is 218 g/mol. The van der Waals surface area contributed by atoms with E-state index in [0.717, 1.165) is 5.69 Å². The summed E-state index contributed by atoms with van der Waals surface area (Å²) in [6.07, 6.45) is -0.208. The van der Waals surface area contributed by atoms with E-state index < -0.39 is 0 Å². The molecule has 1 atom stereocenters. The molecule has 0 saturated heterocycles. The molecule has 1 aromatic rings. The van der Waals surface area contributed by atoms with E-state index in [1.54, 1.807) is 0 Å². The van der Waals surface area contributed by atoms with Crippen LogP contribution < -0.4 is 5.32 Å². The molecule has 0 amide bonds. The van der Waals surface area contributed by atoms with Crippen molar-refractivity contribution >= 4 is 11.7 Å². The molecule has 94 valence electrons. The average Bonchev–Trinajstić information content (AvgIpc) is 2.35. The first kappa shape index (κ1) is 13.5. The molecule has 0 radical (unpaired) electrons. The summed E-state index contributed by atoms with van der Waals surface area (Å²) < 4.78 is 10.3. The van der Waals surface area contributed by atoms with Crippen molar-refractivity contribution in [3.63, 3.8) is 0 Å². The summed E-state index contributed by atoms with van der Waals surface area (Å²) in [7, 11) is 0. The maximum Gasteiger partial charge on any atom is 0.325 e. The second kappa shape index (κ2) is 7.68. The molecule has 1 rings (SSSR count). The summed E-state index contributed by atoms with van der Waals surface area (Å²) in [6, 6.07) is 9.54. The number of para-hydroxylation sites is 1. The lowest BCUT2D eigenvalue weighted by Gasteiger charge is -2.13. The molecule has 4 nitrogen and oxygen atoms in total. The van der Waals surface area contributed by atoms with Crippen molar-refractivity contribution in [3.05, 3.63) is 30.3 Å². The van der Waals surface area contributed by atoms with Crippen LogP contribution in [0, 0.1) is 0 Å². The molecule has 0 fully saturated rings. The Bertz CT molecular complexity index is 327. The van der Waals surface area contributed by atoms with Crippen LogP contribution in [0.4, 0.5) is 5.69 Å². The molecule has 0 aliphatic rings. The second-order valence-corrected chi connectivity index (χ2v) is 3.68. The zero-order valence-electron chi connectivity index (χ0n) is 10.3. The highest BCUT2D eigenvalue weighted by Crippen LogP contribution is 2.04. The molecule has 0 spiro atoms. The van der Waals surface area contributed by atoms with Crippen LogP contribution in [0.3, 0.4) is 0 Å². The van der Waals surface area contributed by atoms with Crippen LogP contribution in [0.2, 0.25) is 0 Å². The first-order valence-corrected chi connectivity index (χ1v) is 5.78. The first-order valence-electron chi connectivity index (χ1n) is 5.78. The third-order valence-electron chi connectivity index (χ3n) is 2.10. The summed E-state index contributed by atoms with van der Waals surface area (Å²) in [5.41, 5.74) is 0.905. The molecular formula is C13H19NO3. The average molecular weight is 237 g/mol. The Morgan fingerprint density at radius 3 is 2.71 bits per heavy atom. The molecule has 0 aromatic heterocycles. The number of benzene rings is 1. The van der Waals surface area contributed by atoms with Crippen molar-refractivity contribution in [2.45, 2.75) is 20.0 Å². The van der Waals surface area contributed by atoms with Gasteiger partial charge in [0.25, 0.3) is 0 Å². The minimum Gasteiger partial charge on any atom is -0.459 e. The van der Waals surface area contributed by atoms with Crippen molar-refractivity contribution in [1.82, 2.24) is 0 Å². The van der Waals surface area contributed by atoms with Gasteiger partial charge in [0.15, 0.2) is 0 Å². The smallest absolute Gasteiger partial charge is 0.325 e. The lowest BCUT2D eigenvalue weighted by Crippen LogP contribution is -2.25. The van der Waals surface area contributed by atoms with Crippen LogP contribution in [-0.2, 0) is 14.3 Å². The standard InChI is InChI=1S/C13H19NO3/c1-3-16-10-11(2)17-13(15)9-14-12-7-5-4-6-8-12/h4-8,11,14H,3,9-10H2,1-2H3. The topological polar surface area (TPSA) is 47.6 Å². The predicted octanol–water partition coefficient (Wildman–Crippen LogP) is 2.07. The number of rotatable bonds is 7. The Morgan fingerprint density at radius 1 is 1.35 bits per heavy atom. The van der Waals surface area contributed by atoms with Crippen LogP contribution in [0.5, 0.6) is 0 Å². The van der Waals surface area contributed by atoms with Gasteiger partial charge in [-0.2, -0.15) is 0 Å². The highest BCUT2D eigenvalue weighted by molar-refractivity contribution is 5.75. The van der Waals surface area contributed by atoms with Gasteiger partial charge in [-0.1, -0.05) is 18.2 Å². The molecule has 0 heterocycles. The number of carbonyl (C=O) groups excluding carboxylic acids is 1. The summed E-state index contributed by atoms with van der Waals surface area (Å²) in [4.78, 5) is 11.4. The zero-order chi connectivity index (χ0) is 12.5. The van der Waals surface area contributed by atoms with Crippen molar-refractivity contribution in [3.8, 4) is 0 Å². The van der Waals surface area contributed by atoms with E-state index in [0.29, 0.717) is 13.2 Å². The lowest BCUT2D eigenvalue weighted by atomic mass is 10.3. The maximum absolute atomic E-state index is 11.4. The summed E-state index contributed by atoms with van der Waals surface area (Å²) in [5, 5.41) is 2.99. The minimum atomic E-state index is -0.277. The van der Waals surface area contributed by atoms with Crippen LogP contribution in [0.25, 0.3) is 0 Å². The fourth-order valence-electron chi connectivity index (χ4n) is 1.31. The van der Waals surface area contributed by atoms with Gasteiger partial charge in [0, 0.05) is 12.3 Å². The molecule has 1 N–H and O–H groups in total. The first-order chi connectivity index (χ1) is 8.22. The van der Waals surface area contributed by atoms with Crippen LogP contribution in [-0.4, -0.2) is 31.8 Å². The number of esters is 1. The monoisotopic (exact) mass is 237 g/mol. The third-order valence-corrected chi connectivity index (χ3v) is 2.10. The van der Waals surface area contributed by atoms with E-state index in [2.05, 4.69) is 5.32 Å². The highest BCUT2D eigenvalue weighted by atomic mass is 16.6. The quantitative estimate of drug-likeness (QED) is 0.737. The van der Waals surface area contributed by atoms with Gasteiger partial charge < -0.3 is 14.8 Å². The van der Waals surface area contributed by atoms with Crippen molar-refractivity contribution in [1.29, 1.82) is 0 Å². The Balaban J connectivity index is 2.21. The largest absolute Gasteiger partial charge is 0.459 e. The predicted molar refractivity (Wildman–Crippen MR) is 67.0 cm³/mol. The van der Waals surface area contributed by atoms with Gasteiger partial charge in [0.1, 0.15) is 12.6 Å². The van der Waals surface area contributed by atoms with E-state index in [4.69, 9.17) is 9.47 Å². The Hall–Kier alpha value is -1.55. The molecule has 0 aliphatic carbocycles. The molecule has 0 saturated carbocycles. The molecule has 1 unspecified atom stereocenters. The molecule has 17 heavy (non-hydrogen) atoms. The van der Waals surface area contributed by atoms with Crippen molar-refractivity contribution in [2.24, 2.45) is 0 Å². The van der Waals surface area contributed by atoms with Crippen LogP contribution in [0.15, 0.2) is 30.3 Å². The van der Waals surface area contributed by atoms with E-state index in [1.165, 1.54) is 0 Å². The van der Waals surface area contributed by atoms with Crippen LogP contribution in [0.1, 0.15) is 13.8 Å². The third kappa shape index (κ3) is 5.92. The van der Waals surface area contributed by atoms with E-state index in [-0.39, 0.29) is 18.6 Å². The fourth-order valence-corrected chi connectivity index (χ4v) is 1.31. The Morgan fingerprint density at radius 2 is 2.06 bits per heavy atom. The number of nitrogens with one attached hydrogen (secondary N) is 1. The molecule has 0 aliphatic heterocycles. The minimum absolute atomic E-state index is 0.167. The SMILES string of the molecule is CCOCC(C)OC(=O)CNc1ccccc1. The molecule has 4 heteroatoms. The summed E-state index contributed by atoms with van der Waals surface area (Å²) in [6.45, 7) is 4.96. The maximum atomic E-state index is 11.4. The van der Waals surface area contributed by atoms with Gasteiger partial charge in [-0.05, 0) is 26.0 Å². The normalized spacial score (nSPS) is 11.9. The second-order valence-electron chi connectivity index (χ2n) is 3.68.